The van der Waals surface area contributed by atoms with E-state index in [4.69, 9.17) is 4.99 Å². The molecule has 2 saturated heterocycles. The van der Waals surface area contributed by atoms with Gasteiger partial charge in [-0.25, -0.2) is 4.99 Å². The van der Waals surface area contributed by atoms with Crippen LogP contribution in [0.25, 0.3) is 0 Å². The van der Waals surface area contributed by atoms with E-state index in [2.05, 4.69) is 53.6 Å². The highest BCUT2D eigenvalue weighted by Crippen LogP contribution is 2.25. The molecule has 0 spiro atoms. The predicted octanol–water partition coefficient (Wildman–Crippen LogP) is 3.38. The number of likely N-dealkylation sites (tertiary alicyclic amines) is 1. The van der Waals surface area contributed by atoms with Crippen LogP contribution in [0.1, 0.15) is 43.7 Å². The van der Waals surface area contributed by atoms with Crippen LogP contribution in [0.5, 0.6) is 0 Å². The number of carbonyl (C=O) groups excluding carboxylic acids is 1. The number of nitrogens with one attached hydrogen (secondary N) is 2. The normalized spacial score (nSPS) is 19.9. The fourth-order valence-electron chi connectivity index (χ4n) is 3.45. The van der Waals surface area contributed by atoms with Crippen LogP contribution < -0.4 is 10.6 Å². The molecule has 0 bridgehead atoms. The van der Waals surface area contributed by atoms with Gasteiger partial charge < -0.3 is 15.5 Å². The summed E-state index contributed by atoms with van der Waals surface area (Å²) in [4.78, 5) is 18.5. The first-order chi connectivity index (χ1) is 12.7. The van der Waals surface area contributed by atoms with Crippen molar-refractivity contribution in [2.75, 3.05) is 25.4 Å². The number of thioether (sulfide) groups is 1. The summed E-state index contributed by atoms with van der Waals surface area (Å²) >= 11 is 2.06. The number of hydrogen-bond acceptors (Lipinski definition) is 3. The summed E-state index contributed by atoms with van der Waals surface area (Å²) in [6.07, 6.45) is 4.31. The number of rotatable bonds is 7. The van der Waals surface area contributed by atoms with Crippen molar-refractivity contribution in [2.24, 2.45) is 4.99 Å². The van der Waals surface area contributed by atoms with Crippen LogP contribution in [0.2, 0.25) is 0 Å². The maximum absolute atomic E-state index is 11.8. The maximum Gasteiger partial charge on any atom is 0.222 e. The standard InChI is InChI=1S/C20H30N4OS.HI/c1-2-21-20(23-14-18-8-5-11-26-18)22-13-16-6-3-7-17(12-16)15-24-10-4-9-19(24)25;/h3,6-7,12,18H,2,4-5,8-11,13-15H2,1H3,(H2,21,22,23);1H. The Labute approximate surface area is 184 Å². The third-order valence-electron chi connectivity index (χ3n) is 4.82. The third-order valence-corrected chi connectivity index (χ3v) is 6.22. The molecule has 7 heteroatoms. The first kappa shape index (κ1) is 22.3. The first-order valence-corrected chi connectivity index (χ1v) is 10.8. The Morgan fingerprint density at radius 3 is 2.85 bits per heavy atom. The molecule has 1 amide bonds. The fourth-order valence-corrected chi connectivity index (χ4v) is 4.65. The summed E-state index contributed by atoms with van der Waals surface area (Å²) in [5.74, 6) is 2.45. The SMILES string of the molecule is CCNC(=NCc1cccc(CN2CCCC2=O)c1)NCC1CCCS1.I. The van der Waals surface area contributed by atoms with Crippen molar-refractivity contribution in [1.29, 1.82) is 0 Å². The number of aliphatic imine (C=N–C) groups is 1. The molecule has 5 nitrogen and oxygen atoms in total. The molecule has 0 radical (unpaired) electrons. The summed E-state index contributed by atoms with van der Waals surface area (Å²) in [5.41, 5.74) is 2.37. The molecular formula is C20H31IN4OS. The molecule has 1 atom stereocenters. The van der Waals surface area contributed by atoms with Gasteiger partial charge in [0.1, 0.15) is 0 Å². The van der Waals surface area contributed by atoms with Gasteiger partial charge in [0.25, 0.3) is 0 Å². The van der Waals surface area contributed by atoms with Crippen LogP contribution in [0, 0.1) is 0 Å². The quantitative estimate of drug-likeness (QED) is 0.341. The van der Waals surface area contributed by atoms with E-state index in [-0.39, 0.29) is 29.9 Å². The molecule has 27 heavy (non-hydrogen) atoms. The van der Waals surface area contributed by atoms with Gasteiger partial charge in [-0.15, -0.1) is 24.0 Å². The second-order valence-electron chi connectivity index (χ2n) is 6.95. The Bertz CT molecular complexity index is 634. The molecule has 150 valence electrons. The Morgan fingerprint density at radius 1 is 1.30 bits per heavy atom. The number of amides is 1. The Kier molecular flexibility index (Phi) is 9.75. The van der Waals surface area contributed by atoms with Crippen molar-refractivity contribution < 1.29 is 4.79 Å². The van der Waals surface area contributed by atoms with E-state index in [0.717, 1.165) is 32.0 Å². The van der Waals surface area contributed by atoms with Crippen molar-refractivity contribution in [3.63, 3.8) is 0 Å². The van der Waals surface area contributed by atoms with Gasteiger partial charge in [0.2, 0.25) is 5.91 Å². The van der Waals surface area contributed by atoms with Crippen LogP contribution in [0.4, 0.5) is 0 Å². The molecule has 2 aliphatic rings. The van der Waals surface area contributed by atoms with Gasteiger partial charge in [0.15, 0.2) is 5.96 Å². The summed E-state index contributed by atoms with van der Waals surface area (Å²) < 4.78 is 0. The zero-order valence-corrected chi connectivity index (χ0v) is 19.2. The van der Waals surface area contributed by atoms with Gasteiger partial charge in [0, 0.05) is 37.8 Å². The van der Waals surface area contributed by atoms with E-state index in [1.165, 1.54) is 29.7 Å². The van der Waals surface area contributed by atoms with Gasteiger partial charge in [-0.1, -0.05) is 24.3 Å². The Morgan fingerprint density at radius 2 is 2.15 bits per heavy atom. The van der Waals surface area contributed by atoms with Crippen LogP contribution >= 0.6 is 35.7 Å². The molecule has 1 aromatic rings. The summed E-state index contributed by atoms with van der Waals surface area (Å²) in [5, 5.41) is 7.52. The second-order valence-corrected chi connectivity index (χ2v) is 8.36. The predicted molar refractivity (Wildman–Crippen MR) is 125 cm³/mol. The van der Waals surface area contributed by atoms with Gasteiger partial charge in [0.05, 0.1) is 6.54 Å². The lowest BCUT2D eigenvalue weighted by molar-refractivity contribution is -0.128. The monoisotopic (exact) mass is 502 g/mol. The van der Waals surface area contributed by atoms with Crippen LogP contribution in [0.3, 0.4) is 0 Å². The van der Waals surface area contributed by atoms with Gasteiger partial charge in [-0.05, 0) is 43.1 Å². The largest absolute Gasteiger partial charge is 0.357 e. The lowest BCUT2D eigenvalue weighted by Gasteiger charge is -2.16. The molecule has 0 aliphatic carbocycles. The summed E-state index contributed by atoms with van der Waals surface area (Å²) in [6.45, 7) is 6.18. The number of hydrogen-bond donors (Lipinski definition) is 2. The lowest BCUT2D eigenvalue weighted by Crippen LogP contribution is -2.40. The number of halogens is 1. The highest BCUT2D eigenvalue weighted by atomic mass is 127. The minimum atomic E-state index is 0. The number of benzene rings is 1. The van der Waals surface area contributed by atoms with E-state index < -0.39 is 0 Å². The zero-order chi connectivity index (χ0) is 18.2. The van der Waals surface area contributed by atoms with Crippen LogP contribution in [0.15, 0.2) is 29.3 Å². The molecule has 3 rings (SSSR count). The molecular weight excluding hydrogens is 471 g/mol. The average molecular weight is 502 g/mol. The number of carbonyl (C=O) groups is 1. The van der Waals surface area contributed by atoms with Gasteiger partial charge >= 0.3 is 0 Å². The molecule has 2 aliphatic heterocycles. The van der Waals surface area contributed by atoms with Crippen molar-refractivity contribution >= 4 is 47.6 Å². The van der Waals surface area contributed by atoms with E-state index in [9.17, 15) is 4.79 Å². The number of guanidine groups is 1. The maximum atomic E-state index is 11.8. The first-order valence-electron chi connectivity index (χ1n) is 9.74. The lowest BCUT2D eigenvalue weighted by atomic mass is 10.1. The topological polar surface area (TPSA) is 56.7 Å². The Hall–Kier alpha value is -0.960. The van der Waals surface area contributed by atoms with Gasteiger partial charge in [-0.3, -0.25) is 4.79 Å². The van der Waals surface area contributed by atoms with Crippen LogP contribution in [-0.2, 0) is 17.9 Å². The molecule has 1 unspecified atom stereocenters. The van der Waals surface area contributed by atoms with Crippen LogP contribution in [-0.4, -0.2) is 47.4 Å². The highest BCUT2D eigenvalue weighted by molar-refractivity contribution is 14.0. The second kappa shape index (κ2) is 11.8. The minimum absolute atomic E-state index is 0. The molecule has 2 fully saturated rings. The molecule has 2 N–H and O–H groups in total. The van der Waals surface area contributed by atoms with Gasteiger partial charge in [-0.2, -0.15) is 11.8 Å². The fraction of sp³-hybridized carbons (Fsp3) is 0.600. The summed E-state index contributed by atoms with van der Waals surface area (Å²) in [7, 11) is 0. The molecule has 0 aromatic heterocycles. The van der Waals surface area contributed by atoms with E-state index in [1.807, 2.05) is 4.90 Å². The highest BCUT2D eigenvalue weighted by Gasteiger charge is 2.20. The van der Waals surface area contributed by atoms with E-state index >= 15 is 0 Å². The smallest absolute Gasteiger partial charge is 0.222 e. The van der Waals surface area contributed by atoms with E-state index in [0.29, 0.717) is 24.8 Å². The number of nitrogens with zero attached hydrogens (tertiary/aromatic N) is 2. The Balaban J connectivity index is 0.00000261. The third kappa shape index (κ3) is 7.18. The van der Waals surface area contributed by atoms with Crippen molar-refractivity contribution in [2.45, 2.75) is 50.9 Å². The minimum Gasteiger partial charge on any atom is -0.357 e. The summed E-state index contributed by atoms with van der Waals surface area (Å²) in [6, 6.07) is 8.44. The molecule has 2 heterocycles. The molecule has 1 aromatic carbocycles. The zero-order valence-electron chi connectivity index (χ0n) is 16.1. The van der Waals surface area contributed by atoms with Crippen molar-refractivity contribution in [3.05, 3.63) is 35.4 Å². The van der Waals surface area contributed by atoms with Crippen molar-refractivity contribution in [3.8, 4) is 0 Å². The van der Waals surface area contributed by atoms with Crippen molar-refractivity contribution in [1.82, 2.24) is 15.5 Å². The average Bonchev–Trinajstić information content (AvgIpc) is 3.30. The van der Waals surface area contributed by atoms with E-state index in [1.54, 1.807) is 0 Å². The molecule has 0 saturated carbocycles.